The van der Waals surface area contributed by atoms with Crippen LogP contribution in [-0.2, 0) is 28.0 Å². The SMILES string of the molecule is C[C@@]1(c2ccc3c(c2)CCC3)NC(=O)N(CC(=O)N(C2CCCCC2)C2CCCCC2)C1=O. The van der Waals surface area contributed by atoms with Gasteiger partial charge in [-0.05, 0) is 68.6 Å². The quantitative estimate of drug-likeness (QED) is 0.673. The number of imide groups is 1. The first-order valence-corrected chi connectivity index (χ1v) is 13.0. The van der Waals surface area contributed by atoms with Crippen LogP contribution < -0.4 is 5.32 Å². The van der Waals surface area contributed by atoms with Gasteiger partial charge in [-0.15, -0.1) is 0 Å². The number of aryl methyl sites for hydroxylation is 2. The number of carbonyl (C=O) groups is 3. The van der Waals surface area contributed by atoms with Gasteiger partial charge in [0.15, 0.2) is 0 Å². The zero-order valence-corrected chi connectivity index (χ0v) is 19.9. The predicted molar refractivity (Wildman–Crippen MR) is 127 cm³/mol. The summed E-state index contributed by atoms with van der Waals surface area (Å²) in [6.45, 7) is 1.62. The Labute approximate surface area is 197 Å². The van der Waals surface area contributed by atoms with E-state index in [1.165, 1.54) is 24.0 Å². The number of carbonyl (C=O) groups excluding carboxylic acids is 3. The summed E-state index contributed by atoms with van der Waals surface area (Å²) >= 11 is 0. The summed E-state index contributed by atoms with van der Waals surface area (Å²) in [5.74, 6) is -0.374. The van der Waals surface area contributed by atoms with Crippen LogP contribution in [0.15, 0.2) is 18.2 Å². The van der Waals surface area contributed by atoms with Crippen molar-refractivity contribution < 1.29 is 14.4 Å². The number of nitrogens with one attached hydrogen (secondary N) is 1. The lowest BCUT2D eigenvalue weighted by atomic mass is 9.88. The van der Waals surface area contributed by atoms with Crippen molar-refractivity contribution in [3.05, 3.63) is 34.9 Å². The fraction of sp³-hybridized carbons (Fsp3) is 0.667. The summed E-state index contributed by atoms with van der Waals surface area (Å²) < 4.78 is 0. The molecule has 1 aromatic carbocycles. The van der Waals surface area contributed by atoms with E-state index in [0.29, 0.717) is 0 Å². The van der Waals surface area contributed by atoms with Crippen molar-refractivity contribution in [1.82, 2.24) is 15.1 Å². The minimum absolute atomic E-state index is 0.0597. The lowest BCUT2D eigenvalue weighted by Crippen LogP contribution is -2.53. The number of benzene rings is 1. The monoisotopic (exact) mass is 451 g/mol. The highest BCUT2D eigenvalue weighted by atomic mass is 16.2. The van der Waals surface area contributed by atoms with E-state index in [4.69, 9.17) is 0 Å². The Morgan fingerprint density at radius 2 is 1.55 bits per heavy atom. The molecule has 0 radical (unpaired) electrons. The standard InChI is InChI=1S/C27H37N3O3/c1-27(21-16-15-19-9-8-10-20(19)17-21)25(32)29(26(33)28-27)18-24(31)30(22-11-4-2-5-12-22)23-13-6-3-7-14-23/h15-17,22-23H,2-14,18H2,1H3,(H,28,33)/t27-/m0/s1. The van der Waals surface area contributed by atoms with E-state index in [-0.39, 0.29) is 30.4 Å². The molecular weight excluding hydrogens is 414 g/mol. The minimum Gasteiger partial charge on any atom is -0.335 e. The Morgan fingerprint density at radius 3 is 2.18 bits per heavy atom. The first-order chi connectivity index (χ1) is 16.0. The molecule has 3 aliphatic carbocycles. The van der Waals surface area contributed by atoms with E-state index in [1.54, 1.807) is 6.92 Å². The van der Waals surface area contributed by atoms with E-state index < -0.39 is 11.6 Å². The molecule has 5 rings (SSSR count). The first kappa shape index (κ1) is 22.4. The van der Waals surface area contributed by atoms with Gasteiger partial charge in [-0.3, -0.25) is 14.5 Å². The van der Waals surface area contributed by atoms with Gasteiger partial charge in [0.05, 0.1) is 0 Å². The van der Waals surface area contributed by atoms with Gasteiger partial charge >= 0.3 is 6.03 Å². The third kappa shape index (κ3) is 4.17. The molecule has 0 unspecified atom stereocenters. The second-order valence-corrected chi connectivity index (χ2v) is 10.7. The van der Waals surface area contributed by atoms with Crippen LogP contribution in [0.2, 0.25) is 0 Å². The molecule has 0 bridgehead atoms. The maximum absolute atomic E-state index is 13.6. The van der Waals surface area contributed by atoms with E-state index in [0.717, 1.165) is 81.1 Å². The molecule has 1 atom stereocenters. The lowest BCUT2D eigenvalue weighted by Gasteiger charge is -2.42. The number of amides is 4. The molecule has 4 aliphatic rings. The summed E-state index contributed by atoms with van der Waals surface area (Å²) in [5, 5.41) is 2.91. The second-order valence-electron chi connectivity index (χ2n) is 10.7. The van der Waals surface area contributed by atoms with E-state index in [1.807, 2.05) is 6.07 Å². The maximum Gasteiger partial charge on any atom is 0.325 e. The molecule has 6 nitrogen and oxygen atoms in total. The fourth-order valence-electron chi connectivity index (χ4n) is 6.56. The number of hydrogen-bond donors (Lipinski definition) is 1. The summed E-state index contributed by atoms with van der Waals surface area (Å²) in [6, 6.07) is 6.16. The van der Waals surface area contributed by atoms with Crippen LogP contribution >= 0.6 is 0 Å². The normalized spacial score (nSPS) is 26.4. The summed E-state index contributed by atoms with van der Waals surface area (Å²) in [5.41, 5.74) is 2.30. The first-order valence-electron chi connectivity index (χ1n) is 13.0. The Kier molecular flexibility index (Phi) is 6.19. The number of hydrogen-bond acceptors (Lipinski definition) is 3. The average Bonchev–Trinajstić information content (AvgIpc) is 3.39. The van der Waals surface area contributed by atoms with E-state index in [9.17, 15) is 14.4 Å². The molecule has 6 heteroatoms. The second kappa shape index (κ2) is 9.11. The van der Waals surface area contributed by atoms with Crippen LogP contribution in [0.1, 0.15) is 94.2 Å². The molecule has 1 aliphatic heterocycles. The molecule has 2 saturated carbocycles. The highest BCUT2D eigenvalue weighted by Gasteiger charge is 2.50. The van der Waals surface area contributed by atoms with E-state index >= 15 is 0 Å². The topological polar surface area (TPSA) is 69.7 Å². The predicted octanol–water partition coefficient (Wildman–Crippen LogP) is 4.44. The molecule has 1 aromatic rings. The maximum atomic E-state index is 13.6. The summed E-state index contributed by atoms with van der Waals surface area (Å²) in [6.07, 6.45) is 14.4. The van der Waals surface area contributed by atoms with Gasteiger partial charge in [0.25, 0.3) is 5.91 Å². The lowest BCUT2D eigenvalue weighted by molar-refractivity contribution is -0.143. The molecule has 1 saturated heterocycles. The number of rotatable bonds is 5. The van der Waals surface area contributed by atoms with Crippen molar-refractivity contribution >= 4 is 17.8 Å². The molecule has 0 aromatic heterocycles. The molecule has 33 heavy (non-hydrogen) atoms. The molecule has 0 spiro atoms. The third-order valence-electron chi connectivity index (χ3n) is 8.47. The molecule has 4 amide bonds. The Hall–Kier alpha value is -2.37. The van der Waals surface area contributed by atoms with Crippen LogP contribution in [0.25, 0.3) is 0 Å². The molecular formula is C27H37N3O3. The van der Waals surface area contributed by atoms with Gasteiger partial charge in [0, 0.05) is 12.1 Å². The van der Waals surface area contributed by atoms with Crippen molar-refractivity contribution in [2.45, 2.75) is 108 Å². The number of nitrogens with zero attached hydrogens (tertiary/aromatic N) is 2. The van der Waals surface area contributed by atoms with Gasteiger partial charge in [0.2, 0.25) is 5.91 Å². The van der Waals surface area contributed by atoms with Gasteiger partial charge < -0.3 is 10.2 Å². The smallest absolute Gasteiger partial charge is 0.325 e. The van der Waals surface area contributed by atoms with Crippen molar-refractivity contribution in [3.63, 3.8) is 0 Å². The van der Waals surface area contributed by atoms with Crippen LogP contribution in [0.5, 0.6) is 0 Å². The minimum atomic E-state index is -1.12. The van der Waals surface area contributed by atoms with Crippen LogP contribution in [0.4, 0.5) is 4.79 Å². The Balaban J connectivity index is 1.35. The fourth-order valence-corrected chi connectivity index (χ4v) is 6.56. The van der Waals surface area contributed by atoms with Crippen molar-refractivity contribution in [3.8, 4) is 0 Å². The number of fused-ring (bicyclic) bond motifs is 1. The molecule has 3 fully saturated rings. The summed E-state index contributed by atoms with van der Waals surface area (Å²) in [7, 11) is 0. The van der Waals surface area contributed by atoms with Crippen LogP contribution in [-0.4, -0.2) is 46.3 Å². The Bertz CT molecular complexity index is 915. The average molecular weight is 452 g/mol. The van der Waals surface area contributed by atoms with Gasteiger partial charge in [-0.25, -0.2) is 4.79 Å². The number of urea groups is 1. The molecule has 1 heterocycles. The zero-order valence-electron chi connectivity index (χ0n) is 19.9. The molecule has 1 N–H and O–H groups in total. The van der Waals surface area contributed by atoms with Gasteiger partial charge in [-0.2, -0.15) is 0 Å². The largest absolute Gasteiger partial charge is 0.335 e. The Morgan fingerprint density at radius 1 is 0.939 bits per heavy atom. The highest BCUT2D eigenvalue weighted by molar-refractivity contribution is 6.09. The van der Waals surface area contributed by atoms with E-state index in [2.05, 4.69) is 22.3 Å². The van der Waals surface area contributed by atoms with Gasteiger partial charge in [0.1, 0.15) is 12.1 Å². The van der Waals surface area contributed by atoms with Gasteiger partial charge in [-0.1, -0.05) is 56.7 Å². The van der Waals surface area contributed by atoms with Crippen molar-refractivity contribution in [2.24, 2.45) is 0 Å². The van der Waals surface area contributed by atoms with Crippen molar-refractivity contribution in [1.29, 1.82) is 0 Å². The zero-order chi connectivity index (χ0) is 23.0. The highest BCUT2D eigenvalue weighted by Crippen LogP contribution is 2.34. The third-order valence-corrected chi connectivity index (χ3v) is 8.47. The van der Waals surface area contributed by atoms with Crippen molar-refractivity contribution in [2.75, 3.05) is 6.54 Å². The summed E-state index contributed by atoms with van der Waals surface area (Å²) in [4.78, 5) is 43.4. The van der Waals surface area contributed by atoms with Crippen LogP contribution in [0, 0.1) is 0 Å². The molecule has 178 valence electrons. The van der Waals surface area contributed by atoms with Crippen LogP contribution in [0.3, 0.4) is 0 Å².